The Bertz CT molecular complexity index is 1690. The lowest BCUT2D eigenvalue weighted by atomic mass is 10.1. The van der Waals surface area contributed by atoms with E-state index in [1.54, 1.807) is 42.9 Å². The number of carbonyl (C=O) groups is 1. The van der Waals surface area contributed by atoms with E-state index >= 15 is 0 Å². The fraction of sp³-hybridized carbons (Fsp3) is 0.200. The zero-order chi connectivity index (χ0) is 29.2. The molecule has 0 radical (unpaired) electrons. The van der Waals surface area contributed by atoms with Crippen LogP contribution in [0.2, 0.25) is 0 Å². The Morgan fingerprint density at radius 2 is 1.70 bits per heavy atom. The molecule has 15 heteroatoms. The quantitative estimate of drug-likeness (QED) is 0.237. The van der Waals surface area contributed by atoms with Gasteiger partial charge in [0.25, 0.3) is 5.91 Å². The smallest absolute Gasteiger partial charge is 0.373 e. The minimum atomic E-state index is -4.77. The van der Waals surface area contributed by atoms with Gasteiger partial charge in [-0.05, 0) is 49.7 Å². The second kappa shape index (κ2) is 10.8. The first-order valence-electron chi connectivity index (χ1n) is 11.7. The lowest BCUT2D eigenvalue weighted by Crippen LogP contribution is -2.16. The van der Waals surface area contributed by atoms with E-state index in [-0.39, 0.29) is 16.9 Å². The molecule has 0 fully saturated rings. The Hall–Kier alpha value is -4.66. The number of nitrogens with zero attached hydrogens (tertiary/aromatic N) is 4. The highest BCUT2D eigenvalue weighted by Crippen LogP contribution is 2.34. The number of halogens is 3. The van der Waals surface area contributed by atoms with Crippen LogP contribution in [0.5, 0.6) is 0 Å². The van der Waals surface area contributed by atoms with Crippen LogP contribution in [-0.4, -0.2) is 47.4 Å². The number of rotatable bonds is 8. The zero-order valence-electron chi connectivity index (χ0n) is 21.8. The van der Waals surface area contributed by atoms with Crippen molar-refractivity contribution < 1.29 is 26.4 Å². The van der Waals surface area contributed by atoms with Crippen LogP contribution in [0.3, 0.4) is 0 Å². The van der Waals surface area contributed by atoms with Crippen LogP contribution in [0.15, 0.2) is 54.9 Å². The number of carbonyl (C=O) groups excluding carboxylic acids is 1. The molecule has 4 aromatic rings. The average Bonchev–Trinajstić information content (AvgIpc) is 3.23. The average molecular weight is 575 g/mol. The molecule has 0 aliphatic rings. The molecular weight excluding hydrogens is 549 g/mol. The number of aryl methyl sites for hydroxylation is 2. The maximum Gasteiger partial charge on any atom is 0.416 e. The first kappa shape index (κ1) is 28.4. The van der Waals surface area contributed by atoms with Gasteiger partial charge >= 0.3 is 6.18 Å². The minimum absolute atomic E-state index is 0.144. The predicted molar refractivity (Wildman–Crippen MR) is 146 cm³/mol. The fourth-order valence-electron chi connectivity index (χ4n) is 3.74. The highest BCUT2D eigenvalue weighted by Gasteiger charge is 2.31. The van der Waals surface area contributed by atoms with E-state index < -0.39 is 27.7 Å². The van der Waals surface area contributed by atoms with Crippen molar-refractivity contribution in [2.24, 2.45) is 0 Å². The number of hydrogen-bond donors (Lipinski definition) is 4. The van der Waals surface area contributed by atoms with E-state index in [9.17, 15) is 26.4 Å². The Kier molecular flexibility index (Phi) is 7.68. The molecule has 0 unspecified atom stereocenters. The highest BCUT2D eigenvalue weighted by molar-refractivity contribution is 7.92. The van der Waals surface area contributed by atoms with Gasteiger partial charge in [-0.1, -0.05) is 6.07 Å². The van der Waals surface area contributed by atoms with Crippen molar-refractivity contribution in [3.63, 3.8) is 0 Å². The molecular formula is C25H25F3N8O3S. The summed E-state index contributed by atoms with van der Waals surface area (Å²) in [6.45, 7) is 3.62. The van der Waals surface area contributed by atoms with E-state index in [1.807, 2.05) is 11.6 Å². The third kappa shape index (κ3) is 6.85. The normalized spacial score (nSPS) is 11.7. The van der Waals surface area contributed by atoms with Crippen molar-refractivity contribution in [1.82, 2.24) is 19.7 Å². The summed E-state index contributed by atoms with van der Waals surface area (Å²) in [7, 11) is -2.14. The summed E-state index contributed by atoms with van der Waals surface area (Å²) in [5.41, 5.74) is 0.455. The number of amides is 1. The molecule has 0 atom stereocenters. The summed E-state index contributed by atoms with van der Waals surface area (Å²) in [4.78, 5) is 21.4. The van der Waals surface area contributed by atoms with E-state index in [2.05, 4.69) is 31.0 Å². The molecule has 1 amide bonds. The van der Waals surface area contributed by atoms with Crippen molar-refractivity contribution in [2.75, 3.05) is 34.0 Å². The predicted octanol–water partition coefficient (Wildman–Crippen LogP) is 4.71. The van der Waals surface area contributed by atoms with Gasteiger partial charge < -0.3 is 16.0 Å². The Labute approximate surface area is 227 Å². The van der Waals surface area contributed by atoms with E-state index in [1.165, 1.54) is 12.4 Å². The molecule has 0 saturated heterocycles. The molecule has 2 aromatic heterocycles. The summed E-state index contributed by atoms with van der Waals surface area (Å²) >= 11 is 0. The van der Waals surface area contributed by atoms with Gasteiger partial charge in [0.1, 0.15) is 18.0 Å². The molecule has 2 aromatic carbocycles. The lowest BCUT2D eigenvalue weighted by Gasteiger charge is -2.15. The summed E-state index contributed by atoms with van der Waals surface area (Å²) < 4.78 is 67.0. The first-order valence-corrected chi connectivity index (χ1v) is 13.6. The monoisotopic (exact) mass is 574 g/mol. The van der Waals surface area contributed by atoms with E-state index in [4.69, 9.17) is 0 Å². The second-order valence-electron chi connectivity index (χ2n) is 8.87. The molecule has 0 bridgehead atoms. The zero-order valence-corrected chi connectivity index (χ0v) is 22.6. The maximum absolute atomic E-state index is 13.4. The number of aromatic nitrogens is 4. The number of sulfonamides is 1. The molecule has 4 rings (SSSR count). The minimum Gasteiger partial charge on any atom is -0.373 e. The number of nitrogens with one attached hydrogen (secondary N) is 4. The molecule has 210 valence electrons. The van der Waals surface area contributed by atoms with Gasteiger partial charge in [-0.25, -0.2) is 18.4 Å². The van der Waals surface area contributed by atoms with Crippen molar-refractivity contribution in [3.8, 4) is 5.82 Å². The summed E-state index contributed by atoms with van der Waals surface area (Å²) in [6, 6.07) is 10.7. The molecule has 2 heterocycles. The molecule has 4 N–H and O–H groups in total. The summed E-state index contributed by atoms with van der Waals surface area (Å²) in [6.07, 6.45) is -2.57. The summed E-state index contributed by atoms with van der Waals surface area (Å²) in [5, 5.41) is 13.1. The standard InChI is InChI=1S/C25H25F3N8O3S/c1-14-5-6-16(24(37)32-18-9-17(25(26,27)28)10-19(11-18)35-40(4,38)39)8-20(14)33-23-7-15(2)34-36(23)22-12-21(29-3)30-13-31-22/h5-13,33,35H,1-4H3,(H,32,37)(H,29,30,31). The topological polar surface area (TPSA) is 143 Å². The van der Waals surface area contributed by atoms with Crippen LogP contribution in [0.1, 0.15) is 27.2 Å². The lowest BCUT2D eigenvalue weighted by molar-refractivity contribution is -0.137. The molecule has 0 spiro atoms. The van der Waals surface area contributed by atoms with Crippen molar-refractivity contribution in [3.05, 3.63) is 77.2 Å². The van der Waals surface area contributed by atoms with Gasteiger partial charge in [0.05, 0.1) is 23.2 Å². The largest absolute Gasteiger partial charge is 0.416 e. The Balaban J connectivity index is 1.63. The molecule has 11 nitrogen and oxygen atoms in total. The number of hydrogen-bond acceptors (Lipinski definition) is 8. The molecule has 0 aliphatic carbocycles. The third-order valence-corrected chi connectivity index (χ3v) is 6.15. The first-order chi connectivity index (χ1) is 18.7. The van der Waals surface area contributed by atoms with Crippen LogP contribution in [0, 0.1) is 13.8 Å². The molecule has 40 heavy (non-hydrogen) atoms. The molecule has 0 aliphatic heterocycles. The van der Waals surface area contributed by atoms with Gasteiger partial charge in [0, 0.05) is 36.1 Å². The van der Waals surface area contributed by atoms with Crippen LogP contribution in [-0.2, 0) is 16.2 Å². The Morgan fingerprint density at radius 1 is 0.975 bits per heavy atom. The van der Waals surface area contributed by atoms with Crippen LogP contribution < -0.4 is 20.7 Å². The Morgan fingerprint density at radius 3 is 2.38 bits per heavy atom. The van der Waals surface area contributed by atoms with Gasteiger partial charge in [-0.3, -0.25) is 9.52 Å². The van der Waals surface area contributed by atoms with Gasteiger partial charge in [-0.2, -0.15) is 23.0 Å². The van der Waals surface area contributed by atoms with E-state index in [0.29, 0.717) is 34.9 Å². The number of alkyl halides is 3. The van der Waals surface area contributed by atoms with Crippen molar-refractivity contribution in [1.29, 1.82) is 0 Å². The SMILES string of the molecule is CNc1cc(-n2nc(C)cc2Nc2cc(C(=O)Nc3cc(NS(C)(=O)=O)cc(C(F)(F)F)c3)ccc2C)ncn1. The number of anilines is 5. The van der Waals surface area contributed by atoms with Crippen molar-refractivity contribution >= 4 is 44.6 Å². The fourth-order valence-corrected chi connectivity index (χ4v) is 4.28. The van der Waals surface area contributed by atoms with Crippen molar-refractivity contribution in [2.45, 2.75) is 20.0 Å². The maximum atomic E-state index is 13.4. The van der Waals surface area contributed by atoms with Crippen LogP contribution in [0.4, 0.5) is 41.9 Å². The van der Waals surface area contributed by atoms with Gasteiger partial charge in [0.2, 0.25) is 10.0 Å². The second-order valence-corrected chi connectivity index (χ2v) is 10.6. The number of benzene rings is 2. The molecule has 0 saturated carbocycles. The highest BCUT2D eigenvalue weighted by atomic mass is 32.2. The third-order valence-electron chi connectivity index (χ3n) is 5.54. The van der Waals surface area contributed by atoms with E-state index in [0.717, 1.165) is 24.0 Å². The van der Waals surface area contributed by atoms with Gasteiger partial charge in [-0.15, -0.1) is 0 Å². The van der Waals surface area contributed by atoms with Gasteiger partial charge in [0.15, 0.2) is 5.82 Å². The summed E-state index contributed by atoms with van der Waals surface area (Å²) in [5.74, 6) is 0.924. The van der Waals surface area contributed by atoms with Crippen LogP contribution in [0.25, 0.3) is 5.82 Å². The van der Waals surface area contributed by atoms with Crippen LogP contribution >= 0.6 is 0 Å².